The van der Waals surface area contributed by atoms with Crippen LogP contribution in [0.15, 0.2) is 218 Å². The maximum Gasteiger partial charge on any atom is 0.161 e. The van der Waals surface area contributed by atoms with Gasteiger partial charge in [0.2, 0.25) is 0 Å². The Morgan fingerprint density at radius 2 is 0.723 bits per heavy atom. The third-order valence-electron chi connectivity index (χ3n) is 14.1. The first-order valence-electron chi connectivity index (χ1n) is 22.6. The minimum absolute atomic E-state index is 0.0992. The number of hydrogen-bond acceptors (Lipinski definition) is 2. The monoisotopic (exact) mass is 826 g/mol. The molecule has 1 heterocycles. The molecule has 0 unspecified atom stereocenters. The smallest absolute Gasteiger partial charge is 0.161 e. The van der Waals surface area contributed by atoms with Crippen LogP contribution in [-0.4, -0.2) is 9.97 Å². The first-order chi connectivity index (χ1) is 32.0. The Hall–Kier alpha value is -8.20. The van der Waals surface area contributed by atoms with Crippen molar-refractivity contribution in [3.05, 3.63) is 230 Å². The van der Waals surface area contributed by atoms with E-state index in [-0.39, 0.29) is 5.41 Å². The molecule has 1 aliphatic rings. The van der Waals surface area contributed by atoms with E-state index in [4.69, 9.17) is 9.97 Å². The average molecular weight is 827 g/mol. The number of hydrogen-bond donors (Lipinski definition) is 0. The van der Waals surface area contributed by atoms with Crippen molar-refractivity contribution in [3.63, 3.8) is 0 Å². The maximum atomic E-state index is 5.54. The fraction of sp³-hybridized carbons (Fsp3) is 0.0476. The molecule has 0 bridgehead atoms. The lowest BCUT2D eigenvalue weighted by Crippen LogP contribution is -2.14. The Labute approximate surface area is 378 Å². The SMILES string of the molecule is CC1(C)c2cc3ccccc3cc2-c2c(-c3ccc(-c4c5ccccc5c(-c5nc(-c6cccc7ccccc67)cc(-c6cccc7ccccc67)n5)c5ccccc45)cc3)cccc21. The third-order valence-corrected chi connectivity index (χ3v) is 14.1. The average Bonchev–Trinajstić information content (AvgIpc) is 3.59. The van der Waals surface area contributed by atoms with Crippen LogP contribution >= 0.6 is 0 Å². The molecule has 12 aromatic rings. The molecule has 2 nitrogen and oxygen atoms in total. The summed E-state index contributed by atoms with van der Waals surface area (Å²) in [5.74, 6) is 0.710. The standard InChI is InChI=1S/C63H42N2/c1-63(2)55-31-15-28-47(60(55)54-36-43-18-3-4-19-44(43)37-56(54)63)41-32-34-42(35-33-41)59-50-24-9-11-26-52(50)61(53-27-12-10-25-51(53)59)62-64-57(48-29-13-20-39-16-5-7-22-45(39)48)38-58(65-62)49-30-14-21-40-17-6-8-23-46(40)49/h3-38H,1-2H3. The Morgan fingerprint density at radius 3 is 1.29 bits per heavy atom. The Balaban J connectivity index is 1.01. The van der Waals surface area contributed by atoms with Gasteiger partial charge in [0, 0.05) is 22.1 Å². The molecule has 0 N–H and O–H groups in total. The molecule has 304 valence electrons. The van der Waals surface area contributed by atoms with Gasteiger partial charge in [-0.05, 0) is 117 Å². The second-order valence-corrected chi connectivity index (χ2v) is 18.0. The van der Waals surface area contributed by atoms with E-state index in [1.165, 1.54) is 87.6 Å². The van der Waals surface area contributed by atoms with Crippen LogP contribution in [0.3, 0.4) is 0 Å². The Morgan fingerprint density at radius 1 is 0.292 bits per heavy atom. The van der Waals surface area contributed by atoms with Crippen molar-refractivity contribution >= 4 is 53.9 Å². The fourth-order valence-electron chi connectivity index (χ4n) is 10.9. The highest BCUT2D eigenvalue weighted by molar-refractivity contribution is 6.21. The van der Waals surface area contributed by atoms with Gasteiger partial charge in [0.25, 0.3) is 0 Å². The normalized spacial score (nSPS) is 12.9. The maximum absolute atomic E-state index is 5.54. The van der Waals surface area contributed by atoms with Gasteiger partial charge in [-0.1, -0.05) is 214 Å². The molecule has 65 heavy (non-hydrogen) atoms. The number of aromatic nitrogens is 2. The number of benzene rings is 11. The molecule has 0 aliphatic heterocycles. The van der Waals surface area contributed by atoms with Crippen molar-refractivity contribution in [1.29, 1.82) is 0 Å². The van der Waals surface area contributed by atoms with E-state index in [2.05, 4.69) is 232 Å². The summed E-state index contributed by atoms with van der Waals surface area (Å²) in [7, 11) is 0. The van der Waals surface area contributed by atoms with E-state index < -0.39 is 0 Å². The van der Waals surface area contributed by atoms with E-state index >= 15 is 0 Å². The van der Waals surface area contributed by atoms with Gasteiger partial charge in [-0.2, -0.15) is 0 Å². The highest BCUT2D eigenvalue weighted by Gasteiger charge is 2.37. The van der Waals surface area contributed by atoms with E-state index in [1.807, 2.05) is 0 Å². The summed E-state index contributed by atoms with van der Waals surface area (Å²) >= 11 is 0. The lowest BCUT2D eigenvalue weighted by atomic mass is 9.81. The Kier molecular flexibility index (Phi) is 8.29. The van der Waals surface area contributed by atoms with Gasteiger partial charge < -0.3 is 0 Å². The van der Waals surface area contributed by atoms with E-state index in [0.29, 0.717) is 5.82 Å². The molecular formula is C63H42N2. The molecule has 1 aliphatic carbocycles. The van der Waals surface area contributed by atoms with Gasteiger partial charge in [0.05, 0.1) is 11.4 Å². The minimum Gasteiger partial charge on any atom is -0.228 e. The molecule has 0 spiro atoms. The molecule has 11 aromatic carbocycles. The van der Waals surface area contributed by atoms with Crippen molar-refractivity contribution in [2.45, 2.75) is 19.3 Å². The van der Waals surface area contributed by atoms with Crippen LogP contribution in [0.25, 0.3) is 121 Å². The zero-order valence-electron chi connectivity index (χ0n) is 36.2. The molecule has 0 amide bonds. The topological polar surface area (TPSA) is 25.8 Å². The lowest BCUT2D eigenvalue weighted by Gasteiger charge is -2.22. The van der Waals surface area contributed by atoms with Crippen LogP contribution in [0.2, 0.25) is 0 Å². The van der Waals surface area contributed by atoms with Crippen LogP contribution in [0.1, 0.15) is 25.0 Å². The largest absolute Gasteiger partial charge is 0.228 e. The van der Waals surface area contributed by atoms with Crippen molar-refractivity contribution < 1.29 is 0 Å². The first-order valence-corrected chi connectivity index (χ1v) is 22.6. The van der Waals surface area contributed by atoms with Gasteiger partial charge in [0.1, 0.15) is 0 Å². The Bertz CT molecular complexity index is 3750. The summed E-state index contributed by atoms with van der Waals surface area (Å²) in [6.07, 6.45) is 0. The molecule has 0 saturated heterocycles. The highest BCUT2D eigenvalue weighted by atomic mass is 14.9. The number of rotatable bonds is 5. The van der Waals surface area contributed by atoms with E-state index in [9.17, 15) is 0 Å². The molecule has 13 rings (SSSR count). The summed E-state index contributed by atoms with van der Waals surface area (Å²) in [6, 6.07) is 79.6. The first kappa shape index (κ1) is 37.4. The molecule has 0 fully saturated rings. The van der Waals surface area contributed by atoms with Crippen LogP contribution in [-0.2, 0) is 5.41 Å². The molecule has 1 aromatic heterocycles. The fourth-order valence-corrected chi connectivity index (χ4v) is 10.9. The number of fused-ring (bicyclic) bond motifs is 8. The summed E-state index contributed by atoms with van der Waals surface area (Å²) < 4.78 is 0. The van der Waals surface area contributed by atoms with Crippen molar-refractivity contribution in [3.8, 4) is 67.3 Å². The second-order valence-electron chi connectivity index (χ2n) is 18.0. The van der Waals surface area contributed by atoms with Crippen molar-refractivity contribution in [2.75, 3.05) is 0 Å². The molecule has 0 radical (unpaired) electrons. The van der Waals surface area contributed by atoms with Gasteiger partial charge in [-0.25, -0.2) is 9.97 Å². The minimum atomic E-state index is -0.0992. The predicted octanol–water partition coefficient (Wildman–Crippen LogP) is 16.9. The van der Waals surface area contributed by atoms with Crippen LogP contribution < -0.4 is 0 Å². The summed E-state index contributed by atoms with van der Waals surface area (Å²) in [5, 5.41) is 11.8. The van der Waals surface area contributed by atoms with Crippen molar-refractivity contribution in [2.24, 2.45) is 0 Å². The van der Waals surface area contributed by atoms with Crippen molar-refractivity contribution in [1.82, 2.24) is 9.97 Å². The van der Waals surface area contributed by atoms with Crippen LogP contribution in [0, 0.1) is 0 Å². The molecule has 2 heteroatoms. The van der Waals surface area contributed by atoms with Crippen LogP contribution in [0.5, 0.6) is 0 Å². The van der Waals surface area contributed by atoms with Gasteiger partial charge in [0.15, 0.2) is 5.82 Å². The van der Waals surface area contributed by atoms with Crippen LogP contribution in [0.4, 0.5) is 0 Å². The van der Waals surface area contributed by atoms with Gasteiger partial charge >= 0.3 is 0 Å². The second kappa shape index (κ2) is 14.4. The number of nitrogens with zero attached hydrogens (tertiary/aromatic N) is 2. The lowest BCUT2D eigenvalue weighted by molar-refractivity contribution is 0.661. The zero-order valence-corrected chi connectivity index (χ0v) is 36.2. The summed E-state index contributed by atoms with van der Waals surface area (Å²) in [4.78, 5) is 11.1. The predicted molar refractivity (Wildman–Crippen MR) is 274 cm³/mol. The van der Waals surface area contributed by atoms with E-state index in [1.54, 1.807) is 0 Å². The van der Waals surface area contributed by atoms with Gasteiger partial charge in [-0.3, -0.25) is 0 Å². The summed E-state index contributed by atoms with van der Waals surface area (Å²) in [5.41, 5.74) is 15.2. The molecule has 0 atom stereocenters. The van der Waals surface area contributed by atoms with Gasteiger partial charge in [-0.15, -0.1) is 0 Å². The zero-order chi connectivity index (χ0) is 43.2. The van der Waals surface area contributed by atoms with E-state index in [0.717, 1.165) is 38.9 Å². The third kappa shape index (κ3) is 5.81. The molecular weight excluding hydrogens is 785 g/mol. The highest BCUT2D eigenvalue weighted by Crippen LogP contribution is 2.53. The molecule has 0 saturated carbocycles. The quantitative estimate of drug-likeness (QED) is 0.162. The summed E-state index contributed by atoms with van der Waals surface area (Å²) in [6.45, 7) is 4.74.